The number of benzene rings is 1. The van der Waals surface area contributed by atoms with Crippen LogP contribution >= 0.6 is 23.8 Å². The largest absolute Gasteiger partial charge is 0.302 e. The van der Waals surface area contributed by atoms with Gasteiger partial charge in [0, 0.05) is 12.6 Å². The number of fused-ring (bicyclic) bond motifs is 1. The summed E-state index contributed by atoms with van der Waals surface area (Å²) < 4.78 is 0. The minimum atomic E-state index is -0.0810. The molecule has 0 bridgehead atoms. The Balaban J connectivity index is 2.74. The third-order valence-electron chi connectivity index (χ3n) is 2.07. The lowest BCUT2D eigenvalue weighted by atomic mass is 10.1. The third kappa shape index (κ3) is 1.08. The van der Waals surface area contributed by atoms with Crippen molar-refractivity contribution in [1.29, 1.82) is 0 Å². The van der Waals surface area contributed by atoms with E-state index >= 15 is 0 Å². The molecule has 0 aromatic heterocycles. The van der Waals surface area contributed by atoms with Crippen LogP contribution in [0.4, 0.5) is 0 Å². The first-order chi connectivity index (χ1) is 6.13. The zero-order chi connectivity index (χ0) is 9.59. The highest BCUT2D eigenvalue weighted by Gasteiger charge is 2.30. The Hall–Kier alpha value is -0.930. The summed E-state index contributed by atoms with van der Waals surface area (Å²) in [5.74, 6) is -0.0810. The average molecular weight is 212 g/mol. The molecule has 1 amide bonds. The number of thiocarbonyl (C=S) groups is 1. The van der Waals surface area contributed by atoms with Crippen molar-refractivity contribution in [2.24, 2.45) is 0 Å². The molecule has 1 aromatic carbocycles. The van der Waals surface area contributed by atoms with Gasteiger partial charge in [0.25, 0.3) is 5.91 Å². The normalized spacial score (nSPS) is 15.1. The van der Waals surface area contributed by atoms with E-state index in [-0.39, 0.29) is 5.91 Å². The molecule has 0 saturated heterocycles. The minimum absolute atomic E-state index is 0.0810. The summed E-state index contributed by atoms with van der Waals surface area (Å²) in [6.45, 7) is 0. The Morgan fingerprint density at radius 3 is 2.77 bits per heavy atom. The number of nitrogens with zero attached hydrogens (tertiary/aromatic N) is 1. The van der Waals surface area contributed by atoms with Crippen LogP contribution in [0.5, 0.6) is 0 Å². The summed E-state index contributed by atoms with van der Waals surface area (Å²) in [5.41, 5.74) is 1.28. The van der Waals surface area contributed by atoms with Crippen molar-refractivity contribution in [2.45, 2.75) is 0 Å². The molecule has 0 aliphatic carbocycles. The predicted molar refractivity (Wildman–Crippen MR) is 55.2 cm³/mol. The quantitative estimate of drug-likeness (QED) is 0.613. The Labute approximate surface area is 86.1 Å². The summed E-state index contributed by atoms with van der Waals surface area (Å²) in [7, 11) is 1.65. The lowest BCUT2D eigenvalue weighted by molar-refractivity contribution is 0.0884. The molecule has 0 saturated carbocycles. The first kappa shape index (κ1) is 8.66. The van der Waals surface area contributed by atoms with Crippen molar-refractivity contribution in [3.8, 4) is 0 Å². The van der Waals surface area contributed by atoms with Crippen molar-refractivity contribution in [3.05, 3.63) is 34.3 Å². The van der Waals surface area contributed by atoms with Gasteiger partial charge in [-0.1, -0.05) is 29.9 Å². The van der Waals surface area contributed by atoms with E-state index in [1.54, 1.807) is 25.2 Å². The molecule has 0 unspecified atom stereocenters. The lowest BCUT2D eigenvalue weighted by Gasteiger charge is -2.06. The number of rotatable bonds is 0. The first-order valence-corrected chi connectivity index (χ1v) is 4.52. The van der Waals surface area contributed by atoms with Gasteiger partial charge in [-0.25, -0.2) is 0 Å². The molecule has 1 aliphatic heterocycles. The number of halogens is 1. The second kappa shape index (κ2) is 2.79. The number of carbonyl (C=O) groups excluding carboxylic acids is 1. The summed E-state index contributed by atoms with van der Waals surface area (Å²) in [5, 5.41) is 0.542. The van der Waals surface area contributed by atoms with Gasteiger partial charge in [0.2, 0.25) is 0 Å². The highest BCUT2D eigenvalue weighted by molar-refractivity contribution is 7.80. The van der Waals surface area contributed by atoms with E-state index in [1.165, 1.54) is 4.90 Å². The number of carbonyl (C=O) groups is 1. The van der Waals surface area contributed by atoms with Gasteiger partial charge < -0.3 is 4.90 Å². The topological polar surface area (TPSA) is 20.3 Å². The fourth-order valence-electron chi connectivity index (χ4n) is 1.36. The van der Waals surface area contributed by atoms with Crippen LogP contribution in [0.1, 0.15) is 15.9 Å². The predicted octanol–water partition coefficient (Wildman–Crippen LogP) is 2.10. The Bertz CT molecular complexity index is 416. The second-order valence-corrected chi connectivity index (χ2v) is 3.63. The maximum atomic E-state index is 11.5. The van der Waals surface area contributed by atoms with Crippen LogP contribution in [0.25, 0.3) is 0 Å². The van der Waals surface area contributed by atoms with Gasteiger partial charge in [0.05, 0.1) is 10.6 Å². The number of amides is 1. The molecule has 2 rings (SSSR count). The van der Waals surface area contributed by atoms with E-state index in [4.69, 9.17) is 23.8 Å². The fourth-order valence-corrected chi connectivity index (χ4v) is 1.98. The molecule has 0 atom stereocenters. The van der Waals surface area contributed by atoms with E-state index in [2.05, 4.69) is 0 Å². The number of hydrogen-bond acceptors (Lipinski definition) is 2. The molecule has 2 nitrogen and oxygen atoms in total. The van der Waals surface area contributed by atoms with Gasteiger partial charge >= 0.3 is 0 Å². The van der Waals surface area contributed by atoms with Crippen molar-refractivity contribution in [2.75, 3.05) is 7.05 Å². The molecular weight excluding hydrogens is 206 g/mol. The molecule has 4 heteroatoms. The molecule has 0 fully saturated rings. The fraction of sp³-hybridized carbons (Fsp3) is 0.111. The van der Waals surface area contributed by atoms with Gasteiger partial charge in [-0.2, -0.15) is 0 Å². The standard InChI is InChI=1S/C9H6ClNOS/c1-11-8(12)5-3-2-4-6(10)7(5)9(11)13/h2-4H,1H3. The van der Waals surface area contributed by atoms with E-state index in [0.717, 1.165) is 0 Å². The smallest absolute Gasteiger partial charge is 0.259 e. The summed E-state index contributed by atoms with van der Waals surface area (Å²) in [6, 6.07) is 5.22. The summed E-state index contributed by atoms with van der Waals surface area (Å²) in [4.78, 5) is 13.5. The van der Waals surface area contributed by atoms with Crippen LogP contribution in [0, 0.1) is 0 Å². The average Bonchev–Trinajstić information content (AvgIpc) is 2.33. The van der Waals surface area contributed by atoms with Crippen LogP contribution in [0.2, 0.25) is 5.02 Å². The molecule has 1 heterocycles. The van der Waals surface area contributed by atoms with Gasteiger partial charge in [-0.05, 0) is 12.1 Å². The van der Waals surface area contributed by atoms with Gasteiger partial charge in [0.1, 0.15) is 4.99 Å². The highest BCUT2D eigenvalue weighted by Crippen LogP contribution is 2.28. The van der Waals surface area contributed by atoms with Crippen LogP contribution in [0.15, 0.2) is 18.2 Å². The van der Waals surface area contributed by atoms with E-state index in [0.29, 0.717) is 21.1 Å². The molecule has 0 radical (unpaired) electrons. The molecule has 0 N–H and O–H groups in total. The zero-order valence-corrected chi connectivity index (χ0v) is 8.45. The second-order valence-electron chi connectivity index (χ2n) is 2.83. The highest BCUT2D eigenvalue weighted by atomic mass is 35.5. The van der Waals surface area contributed by atoms with Crippen molar-refractivity contribution >= 4 is 34.7 Å². The monoisotopic (exact) mass is 211 g/mol. The van der Waals surface area contributed by atoms with E-state index in [9.17, 15) is 4.79 Å². The summed E-state index contributed by atoms with van der Waals surface area (Å²) in [6.07, 6.45) is 0. The maximum Gasteiger partial charge on any atom is 0.259 e. The molecule has 13 heavy (non-hydrogen) atoms. The third-order valence-corrected chi connectivity index (χ3v) is 2.86. The van der Waals surface area contributed by atoms with Gasteiger partial charge in [-0.3, -0.25) is 4.79 Å². The van der Waals surface area contributed by atoms with Crippen LogP contribution < -0.4 is 0 Å². The van der Waals surface area contributed by atoms with Crippen molar-refractivity contribution in [3.63, 3.8) is 0 Å². The zero-order valence-electron chi connectivity index (χ0n) is 6.87. The van der Waals surface area contributed by atoms with Crippen molar-refractivity contribution in [1.82, 2.24) is 4.90 Å². The lowest BCUT2D eigenvalue weighted by Crippen LogP contribution is -2.23. The molecule has 66 valence electrons. The maximum absolute atomic E-state index is 11.5. The van der Waals surface area contributed by atoms with Gasteiger partial charge in [0.15, 0.2) is 0 Å². The number of hydrogen-bond donors (Lipinski definition) is 0. The Morgan fingerprint density at radius 2 is 2.15 bits per heavy atom. The van der Waals surface area contributed by atoms with E-state index < -0.39 is 0 Å². The minimum Gasteiger partial charge on any atom is -0.302 e. The van der Waals surface area contributed by atoms with Crippen molar-refractivity contribution < 1.29 is 4.79 Å². The van der Waals surface area contributed by atoms with E-state index in [1.807, 2.05) is 0 Å². The molecule has 1 aliphatic rings. The van der Waals surface area contributed by atoms with Crippen LogP contribution in [0.3, 0.4) is 0 Å². The Morgan fingerprint density at radius 1 is 1.46 bits per heavy atom. The molecule has 0 spiro atoms. The van der Waals surface area contributed by atoms with Crippen LogP contribution in [-0.4, -0.2) is 22.8 Å². The SMILES string of the molecule is CN1C(=O)c2cccc(Cl)c2C1=S. The Kier molecular flexibility index (Phi) is 1.86. The van der Waals surface area contributed by atoms with Crippen LogP contribution in [-0.2, 0) is 0 Å². The summed E-state index contributed by atoms with van der Waals surface area (Å²) >= 11 is 11.0. The first-order valence-electron chi connectivity index (χ1n) is 3.74. The molecule has 1 aromatic rings. The van der Waals surface area contributed by atoms with Gasteiger partial charge in [-0.15, -0.1) is 0 Å². The molecular formula is C9H6ClNOS.